The number of nitriles is 1. The van der Waals surface area contributed by atoms with Crippen LogP contribution in [0.2, 0.25) is 0 Å². The van der Waals surface area contributed by atoms with Crippen molar-refractivity contribution in [1.82, 2.24) is 15.2 Å². The Kier molecular flexibility index (Phi) is 5.91. The number of anilines is 1. The molecule has 3 heterocycles. The second-order valence-corrected chi connectivity index (χ2v) is 7.77. The number of nitrogens with zero attached hydrogens (tertiary/aromatic N) is 4. The summed E-state index contributed by atoms with van der Waals surface area (Å²) in [7, 11) is 0. The second-order valence-electron chi connectivity index (χ2n) is 7.77. The molecule has 1 aromatic carbocycles. The molecule has 8 heteroatoms. The van der Waals surface area contributed by atoms with E-state index in [-0.39, 0.29) is 24.5 Å². The molecular weight excluding hydrogens is 388 g/mol. The summed E-state index contributed by atoms with van der Waals surface area (Å²) in [5, 5.41) is 12.0. The van der Waals surface area contributed by atoms with Gasteiger partial charge in [-0.3, -0.25) is 4.79 Å². The number of hydrogen-bond donors (Lipinski definition) is 1. The van der Waals surface area contributed by atoms with E-state index in [0.717, 1.165) is 24.7 Å². The third kappa shape index (κ3) is 4.26. The first-order valence-electron chi connectivity index (χ1n) is 10.1. The van der Waals surface area contributed by atoms with Gasteiger partial charge >= 0.3 is 0 Å². The maximum absolute atomic E-state index is 13.7. The highest BCUT2D eigenvalue weighted by molar-refractivity contribution is 5.77. The van der Waals surface area contributed by atoms with E-state index in [1.165, 1.54) is 12.1 Å². The third-order valence-electron chi connectivity index (χ3n) is 5.82. The molecule has 1 N–H and O–H groups in total. The largest absolute Gasteiger partial charge is 0.347 e. The van der Waals surface area contributed by atoms with Crippen LogP contribution in [-0.4, -0.2) is 47.5 Å². The van der Waals surface area contributed by atoms with Gasteiger partial charge in [-0.15, -0.1) is 0 Å². The molecule has 1 amide bonds. The second kappa shape index (κ2) is 8.76. The van der Waals surface area contributed by atoms with Crippen LogP contribution in [0.3, 0.4) is 0 Å². The molecule has 2 aromatic rings. The van der Waals surface area contributed by atoms with E-state index in [2.05, 4.69) is 21.3 Å². The molecule has 1 aromatic heterocycles. The summed E-state index contributed by atoms with van der Waals surface area (Å²) >= 11 is 0. The minimum Gasteiger partial charge on any atom is -0.347 e. The van der Waals surface area contributed by atoms with Crippen LogP contribution in [0.1, 0.15) is 30.4 Å². The van der Waals surface area contributed by atoms with Crippen molar-refractivity contribution in [3.05, 3.63) is 59.3 Å². The molecule has 0 saturated carbocycles. The highest BCUT2D eigenvalue weighted by atomic mass is 19.1. The number of likely N-dealkylation sites (tertiary alicyclic amines) is 1. The SMILES string of the molecule is N#Cc1ccc(N2C3CCC2CN(C(=O)CCNCc2ccc(F)cc2F)C3)nc1. The van der Waals surface area contributed by atoms with Crippen molar-refractivity contribution >= 4 is 11.7 Å². The Hall–Kier alpha value is -3.05. The summed E-state index contributed by atoms with van der Waals surface area (Å²) in [6, 6.07) is 9.69. The zero-order valence-electron chi connectivity index (χ0n) is 16.5. The summed E-state index contributed by atoms with van der Waals surface area (Å²) in [5.74, 6) is -0.252. The number of piperazine rings is 1. The number of benzene rings is 1. The quantitative estimate of drug-likeness (QED) is 0.740. The fourth-order valence-corrected chi connectivity index (χ4v) is 4.33. The number of carbonyl (C=O) groups is 1. The predicted molar refractivity (Wildman–Crippen MR) is 108 cm³/mol. The van der Waals surface area contributed by atoms with Crippen LogP contribution >= 0.6 is 0 Å². The first-order valence-corrected chi connectivity index (χ1v) is 10.1. The third-order valence-corrected chi connectivity index (χ3v) is 5.82. The summed E-state index contributed by atoms with van der Waals surface area (Å²) in [6.45, 7) is 2.00. The van der Waals surface area contributed by atoms with E-state index in [9.17, 15) is 13.6 Å². The summed E-state index contributed by atoms with van der Waals surface area (Å²) in [5.41, 5.74) is 0.915. The molecule has 30 heavy (non-hydrogen) atoms. The maximum Gasteiger partial charge on any atom is 0.223 e. The Bertz CT molecular complexity index is 945. The van der Waals surface area contributed by atoms with Gasteiger partial charge in [0.1, 0.15) is 23.5 Å². The number of aromatic nitrogens is 1. The zero-order valence-corrected chi connectivity index (χ0v) is 16.5. The lowest BCUT2D eigenvalue weighted by molar-refractivity contribution is -0.132. The Balaban J connectivity index is 1.28. The molecule has 0 spiro atoms. The van der Waals surface area contributed by atoms with E-state index in [1.54, 1.807) is 12.3 Å². The van der Waals surface area contributed by atoms with Crippen molar-refractivity contribution in [2.75, 3.05) is 24.5 Å². The van der Waals surface area contributed by atoms with Gasteiger partial charge in [0.05, 0.1) is 5.56 Å². The van der Waals surface area contributed by atoms with Gasteiger partial charge in [0, 0.05) is 62.5 Å². The maximum atomic E-state index is 13.7. The minimum atomic E-state index is -0.601. The summed E-state index contributed by atoms with van der Waals surface area (Å²) in [6.07, 6.45) is 3.94. The lowest BCUT2D eigenvalue weighted by Crippen LogP contribution is -2.56. The Labute approximate surface area is 174 Å². The molecule has 2 aliphatic rings. The van der Waals surface area contributed by atoms with E-state index in [4.69, 9.17) is 5.26 Å². The monoisotopic (exact) mass is 411 g/mol. The molecule has 6 nitrogen and oxygen atoms in total. The van der Waals surface area contributed by atoms with Gasteiger partial charge in [0.2, 0.25) is 5.91 Å². The molecule has 0 radical (unpaired) electrons. The van der Waals surface area contributed by atoms with Crippen LogP contribution < -0.4 is 10.2 Å². The lowest BCUT2D eigenvalue weighted by atomic mass is 10.1. The number of fused-ring (bicyclic) bond motifs is 2. The number of amides is 1. The van der Waals surface area contributed by atoms with Crippen LogP contribution in [0.4, 0.5) is 14.6 Å². The fraction of sp³-hybridized carbons (Fsp3) is 0.409. The first-order chi connectivity index (χ1) is 14.5. The van der Waals surface area contributed by atoms with Gasteiger partial charge in [0.25, 0.3) is 0 Å². The normalized spacial score (nSPS) is 20.3. The summed E-state index contributed by atoms with van der Waals surface area (Å²) < 4.78 is 26.6. The number of pyridine rings is 1. The Morgan fingerprint density at radius 1 is 1.20 bits per heavy atom. The van der Waals surface area contributed by atoms with Crippen LogP contribution in [0.25, 0.3) is 0 Å². The number of hydrogen-bond acceptors (Lipinski definition) is 5. The van der Waals surface area contributed by atoms with E-state index < -0.39 is 11.6 Å². The fourth-order valence-electron chi connectivity index (χ4n) is 4.33. The molecule has 2 bridgehead atoms. The number of carbonyl (C=O) groups excluding carboxylic acids is 1. The molecule has 156 valence electrons. The first kappa shape index (κ1) is 20.2. The van der Waals surface area contributed by atoms with Crippen LogP contribution in [0.5, 0.6) is 0 Å². The molecule has 2 atom stereocenters. The van der Waals surface area contributed by atoms with E-state index in [0.29, 0.717) is 37.2 Å². The Morgan fingerprint density at radius 2 is 1.97 bits per heavy atom. The van der Waals surface area contributed by atoms with E-state index >= 15 is 0 Å². The average Bonchev–Trinajstić information content (AvgIpc) is 3.01. The van der Waals surface area contributed by atoms with Crippen molar-refractivity contribution < 1.29 is 13.6 Å². The van der Waals surface area contributed by atoms with Crippen molar-refractivity contribution in [2.45, 2.75) is 37.9 Å². The van der Waals surface area contributed by atoms with Crippen molar-refractivity contribution in [1.29, 1.82) is 5.26 Å². The average molecular weight is 411 g/mol. The van der Waals surface area contributed by atoms with Gasteiger partial charge in [-0.05, 0) is 31.0 Å². The Morgan fingerprint density at radius 3 is 2.60 bits per heavy atom. The minimum absolute atomic E-state index is 0.0754. The van der Waals surface area contributed by atoms with Crippen molar-refractivity contribution in [3.8, 4) is 6.07 Å². The van der Waals surface area contributed by atoms with Crippen LogP contribution in [-0.2, 0) is 11.3 Å². The number of nitrogens with one attached hydrogen (secondary N) is 1. The zero-order chi connectivity index (χ0) is 21.1. The van der Waals surface area contributed by atoms with Crippen LogP contribution in [0, 0.1) is 23.0 Å². The van der Waals surface area contributed by atoms with Crippen molar-refractivity contribution in [2.24, 2.45) is 0 Å². The molecule has 2 aliphatic heterocycles. The highest BCUT2D eigenvalue weighted by Crippen LogP contribution is 2.34. The highest BCUT2D eigenvalue weighted by Gasteiger charge is 2.41. The molecule has 4 rings (SSSR count). The molecule has 2 fully saturated rings. The topological polar surface area (TPSA) is 72.3 Å². The van der Waals surface area contributed by atoms with Gasteiger partial charge in [-0.1, -0.05) is 6.07 Å². The number of rotatable bonds is 6. The predicted octanol–water partition coefficient (Wildman–Crippen LogP) is 2.59. The van der Waals surface area contributed by atoms with E-state index in [1.807, 2.05) is 11.0 Å². The van der Waals surface area contributed by atoms with Gasteiger partial charge < -0.3 is 15.1 Å². The molecule has 2 unspecified atom stereocenters. The van der Waals surface area contributed by atoms with Crippen LogP contribution in [0.15, 0.2) is 36.5 Å². The van der Waals surface area contributed by atoms with Gasteiger partial charge in [-0.2, -0.15) is 5.26 Å². The standard InChI is InChI=1S/C22H23F2N5O/c23-17-3-2-16(20(24)9-17)12-26-8-7-22(30)28-13-18-4-5-19(14-28)29(18)21-6-1-15(10-25)11-27-21/h1-3,6,9,11,18-19,26H,4-5,7-8,12-14H2. The molecule has 0 aliphatic carbocycles. The summed E-state index contributed by atoms with van der Waals surface area (Å²) in [4.78, 5) is 21.3. The molecular formula is C22H23F2N5O. The van der Waals surface area contributed by atoms with Gasteiger partial charge in [0.15, 0.2) is 0 Å². The van der Waals surface area contributed by atoms with Gasteiger partial charge in [-0.25, -0.2) is 13.8 Å². The van der Waals surface area contributed by atoms with Crippen molar-refractivity contribution in [3.63, 3.8) is 0 Å². The smallest absolute Gasteiger partial charge is 0.223 e. The molecule has 2 saturated heterocycles. The lowest BCUT2D eigenvalue weighted by Gasteiger charge is -2.41. The number of halogens is 2.